The number of halogens is 5. The van der Waals surface area contributed by atoms with E-state index in [1.807, 2.05) is 6.07 Å². The molecule has 0 aromatic heterocycles. The average Bonchev–Trinajstić information content (AvgIpc) is 2.45. The van der Waals surface area contributed by atoms with Gasteiger partial charge in [0.2, 0.25) is 0 Å². The number of hydrogen-bond acceptors (Lipinski definition) is 1. The summed E-state index contributed by atoms with van der Waals surface area (Å²) >= 11 is 2.07. The maximum Gasteiger partial charge on any atom is 0.416 e. The molecule has 0 unspecified atom stereocenters. The first-order valence-corrected chi connectivity index (χ1v) is 7.49. The van der Waals surface area contributed by atoms with Gasteiger partial charge in [0.25, 0.3) is 0 Å². The van der Waals surface area contributed by atoms with Crippen molar-refractivity contribution >= 4 is 34.3 Å². The average molecular weight is 438 g/mol. The molecule has 2 aromatic carbocycles. The number of amides is 2. The van der Waals surface area contributed by atoms with E-state index in [1.165, 1.54) is 0 Å². The second-order valence-electron chi connectivity index (χ2n) is 4.62. The molecule has 3 nitrogen and oxygen atoms in total. The Morgan fingerprint density at radius 2 is 1.87 bits per heavy atom. The lowest BCUT2D eigenvalue weighted by molar-refractivity contribution is -0.137. The van der Waals surface area contributed by atoms with Crippen molar-refractivity contribution in [3.8, 4) is 0 Å². The van der Waals surface area contributed by atoms with Crippen LogP contribution >= 0.6 is 22.6 Å². The minimum absolute atomic E-state index is 0.238. The molecule has 0 atom stereocenters. The Morgan fingerprint density at radius 3 is 2.52 bits per heavy atom. The van der Waals surface area contributed by atoms with Gasteiger partial charge in [-0.3, -0.25) is 0 Å². The van der Waals surface area contributed by atoms with Crippen LogP contribution in [-0.4, -0.2) is 6.03 Å². The molecule has 0 spiro atoms. The van der Waals surface area contributed by atoms with Gasteiger partial charge in [-0.25, -0.2) is 9.18 Å². The van der Waals surface area contributed by atoms with E-state index in [1.54, 1.807) is 18.2 Å². The second kappa shape index (κ2) is 7.16. The van der Waals surface area contributed by atoms with Crippen molar-refractivity contribution in [3.63, 3.8) is 0 Å². The molecule has 0 aliphatic rings. The molecule has 0 bridgehead atoms. The largest absolute Gasteiger partial charge is 0.416 e. The molecule has 0 saturated heterocycles. The number of urea groups is 1. The molecule has 2 aromatic rings. The lowest BCUT2D eigenvalue weighted by Gasteiger charge is -2.11. The molecular formula is C15H11F4IN2O. The minimum atomic E-state index is -4.56. The highest BCUT2D eigenvalue weighted by Crippen LogP contribution is 2.30. The predicted molar refractivity (Wildman–Crippen MR) is 86.4 cm³/mol. The van der Waals surface area contributed by atoms with Crippen molar-refractivity contribution in [1.82, 2.24) is 5.32 Å². The van der Waals surface area contributed by atoms with Crippen LogP contribution in [0.2, 0.25) is 0 Å². The summed E-state index contributed by atoms with van der Waals surface area (Å²) in [6, 6.07) is 8.38. The maximum absolute atomic E-state index is 13.5. The first kappa shape index (κ1) is 17.5. The SMILES string of the molecule is O=C(NCc1cc(C(F)(F)F)ccc1F)Nc1cccc(I)c1. The van der Waals surface area contributed by atoms with Crippen LogP contribution in [0.3, 0.4) is 0 Å². The molecular weight excluding hydrogens is 427 g/mol. The van der Waals surface area contributed by atoms with Crippen molar-refractivity contribution in [2.24, 2.45) is 0 Å². The van der Waals surface area contributed by atoms with Crippen LogP contribution in [0.4, 0.5) is 28.0 Å². The summed E-state index contributed by atoms with van der Waals surface area (Å²) in [4.78, 5) is 11.7. The van der Waals surface area contributed by atoms with Crippen LogP contribution < -0.4 is 10.6 Å². The summed E-state index contributed by atoms with van der Waals surface area (Å²) in [6.07, 6.45) is -4.56. The molecule has 8 heteroatoms. The van der Waals surface area contributed by atoms with Gasteiger partial charge < -0.3 is 10.6 Å². The summed E-state index contributed by atoms with van der Waals surface area (Å²) < 4.78 is 52.3. The van der Waals surface area contributed by atoms with Crippen LogP contribution in [-0.2, 0) is 12.7 Å². The van der Waals surface area contributed by atoms with Crippen molar-refractivity contribution in [1.29, 1.82) is 0 Å². The smallest absolute Gasteiger partial charge is 0.334 e. The van der Waals surface area contributed by atoms with Crippen molar-refractivity contribution in [2.75, 3.05) is 5.32 Å². The first-order chi connectivity index (χ1) is 10.8. The zero-order valence-corrected chi connectivity index (χ0v) is 13.7. The van der Waals surface area contributed by atoms with Gasteiger partial charge in [-0.15, -0.1) is 0 Å². The number of rotatable bonds is 3. The van der Waals surface area contributed by atoms with Gasteiger partial charge in [-0.05, 0) is 59.0 Å². The lowest BCUT2D eigenvalue weighted by Crippen LogP contribution is -2.28. The van der Waals surface area contributed by atoms with Gasteiger partial charge in [0.15, 0.2) is 0 Å². The van der Waals surface area contributed by atoms with E-state index in [0.717, 1.165) is 9.64 Å². The molecule has 2 rings (SSSR count). The molecule has 0 fully saturated rings. The Labute approximate surface area is 143 Å². The molecule has 2 amide bonds. The molecule has 2 N–H and O–H groups in total. The summed E-state index contributed by atoms with van der Waals surface area (Å²) in [5, 5.41) is 4.84. The number of hydrogen-bond donors (Lipinski definition) is 2. The normalized spacial score (nSPS) is 11.2. The number of nitrogens with one attached hydrogen (secondary N) is 2. The van der Waals surface area contributed by atoms with Crippen LogP contribution in [0, 0.1) is 9.39 Å². The third-order valence-corrected chi connectivity index (χ3v) is 3.57. The second-order valence-corrected chi connectivity index (χ2v) is 5.87. The molecule has 0 heterocycles. The minimum Gasteiger partial charge on any atom is -0.334 e. The summed E-state index contributed by atoms with van der Waals surface area (Å²) in [5.74, 6) is -0.812. The Balaban J connectivity index is 2.01. The highest BCUT2D eigenvalue weighted by molar-refractivity contribution is 14.1. The van der Waals surface area contributed by atoms with Gasteiger partial charge in [0.05, 0.1) is 5.56 Å². The molecule has 0 aliphatic carbocycles. The van der Waals surface area contributed by atoms with Gasteiger partial charge in [0.1, 0.15) is 5.82 Å². The monoisotopic (exact) mass is 438 g/mol. The van der Waals surface area contributed by atoms with E-state index in [-0.39, 0.29) is 12.1 Å². The van der Waals surface area contributed by atoms with Crippen LogP contribution in [0.25, 0.3) is 0 Å². The topological polar surface area (TPSA) is 41.1 Å². The van der Waals surface area contributed by atoms with Gasteiger partial charge >= 0.3 is 12.2 Å². The maximum atomic E-state index is 13.5. The van der Waals surface area contributed by atoms with Crippen molar-refractivity contribution in [2.45, 2.75) is 12.7 Å². The fourth-order valence-corrected chi connectivity index (χ4v) is 2.35. The molecule has 0 saturated carbocycles. The summed E-state index contributed by atoms with van der Waals surface area (Å²) in [7, 11) is 0. The number of carbonyl (C=O) groups excluding carboxylic acids is 1. The zero-order valence-electron chi connectivity index (χ0n) is 11.5. The predicted octanol–water partition coefficient (Wildman–Crippen LogP) is 4.77. The number of carbonyl (C=O) groups is 1. The number of anilines is 1. The Hall–Kier alpha value is -1.84. The van der Waals surface area contributed by atoms with E-state index in [4.69, 9.17) is 0 Å². The van der Waals surface area contributed by atoms with E-state index < -0.39 is 23.6 Å². The van der Waals surface area contributed by atoms with Crippen LogP contribution in [0.1, 0.15) is 11.1 Å². The summed E-state index contributed by atoms with van der Waals surface area (Å²) in [5.41, 5.74) is -0.676. The van der Waals surface area contributed by atoms with Crippen molar-refractivity contribution in [3.05, 3.63) is 63.0 Å². The van der Waals surface area contributed by atoms with Crippen molar-refractivity contribution < 1.29 is 22.4 Å². The van der Waals surface area contributed by atoms with E-state index in [9.17, 15) is 22.4 Å². The molecule has 122 valence electrons. The molecule has 0 aliphatic heterocycles. The van der Waals surface area contributed by atoms with Crippen LogP contribution in [0.15, 0.2) is 42.5 Å². The Bertz CT molecular complexity index is 719. The molecule has 23 heavy (non-hydrogen) atoms. The summed E-state index contributed by atoms with van der Waals surface area (Å²) in [6.45, 7) is -0.356. The third kappa shape index (κ3) is 5.08. The lowest BCUT2D eigenvalue weighted by atomic mass is 10.1. The highest BCUT2D eigenvalue weighted by atomic mass is 127. The van der Waals surface area contributed by atoms with Gasteiger partial charge in [-0.2, -0.15) is 13.2 Å². The standard InChI is InChI=1S/C15H11F4IN2O/c16-13-5-4-10(15(17,18)19)6-9(13)8-21-14(23)22-12-3-1-2-11(20)7-12/h1-7H,8H2,(H2,21,22,23). The Morgan fingerprint density at radius 1 is 1.13 bits per heavy atom. The van der Waals surface area contributed by atoms with Crippen LogP contribution in [0.5, 0.6) is 0 Å². The van der Waals surface area contributed by atoms with Gasteiger partial charge in [-0.1, -0.05) is 6.07 Å². The van der Waals surface area contributed by atoms with E-state index in [2.05, 4.69) is 33.2 Å². The fraction of sp³-hybridized carbons (Fsp3) is 0.133. The molecule has 0 radical (unpaired) electrons. The fourth-order valence-electron chi connectivity index (χ4n) is 1.80. The van der Waals surface area contributed by atoms with Gasteiger partial charge in [0, 0.05) is 21.4 Å². The first-order valence-electron chi connectivity index (χ1n) is 6.42. The van der Waals surface area contributed by atoms with E-state index in [0.29, 0.717) is 17.8 Å². The van der Waals surface area contributed by atoms with E-state index >= 15 is 0 Å². The number of benzene rings is 2. The Kier molecular flexibility index (Phi) is 5.45. The zero-order chi connectivity index (χ0) is 17.0. The third-order valence-electron chi connectivity index (χ3n) is 2.89. The quantitative estimate of drug-likeness (QED) is 0.526. The highest BCUT2D eigenvalue weighted by Gasteiger charge is 2.31. The number of alkyl halides is 3.